The van der Waals surface area contributed by atoms with Gasteiger partial charge in [0, 0.05) is 6.61 Å². The largest absolute Gasteiger partial charge is 0.391 e. The molecule has 0 aliphatic heterocycles. The van der Waals surface area contributed by atoms with E-state index in [1.54, 1.807) is 0 Å². The van der Waals surface area contributed by atoms with Crippen molar-refractivity contribution >= 4 is 0 Å². The monoisotopic (exact) mass is 313 g/mol. The van der Waals surface area contributed by atoms with Gasteiger partial charge in [-0.3, -0.25) is 0 Å². The van der Waals surface area contributed by atoms with Crippen molar-refractivity contribution in [2.24, 2.45) is 0 Å². The second-order valence-electron chi connectivity index (χ2n) is 6.68. The Morgan fingerprint density at radius 1 is 0.682 bits per heavy atom. The van der Waals surface area contributed by atoms with Crippen LogP contribution in [0, 0.1) is 6.92 Å². The van der Waals surface area contributed by atoms with E-state index in [2.05, 4.69) is 13.8 Å². The average Bonchev–Trinajstić information content (AvgIpc) is 2.50. The molecule has 133 valence electrons. The molecule has 22 heavy (non-hydrogen) atoms. The molecular weight excluding hydrogens is 272 g/mol. The van der Waals surface area contributed by atoms with Crippen LogP contribution in [-0.4, -0.2) is 24.4 Å². The molecule has 2 nitrogen and oxygen atoms in total. The summed E-state index contributed by atoms with van der Waals surface area (Å²) in [5.41, 5.74) is 0. The molecule has 1 atom stereocenters. The van der Waals surface area contributed by atoms with Crippen LogP contribution in [0.4, 0.5) is 0 Å². The molecule has 0 saturated carbocycles. The fraction of sp³-hybridized carbons (Fsp3) is 0.950. The third kappa shape index (κ3) is 19.9. The fourth-order valence-corrected chi connectivity index (χ4v) is 2.79. The summed E-state index contributed by atoms with van der Waals surface area (Å²) in [6, 6.07) is 0. The summed E-state index contributed by atoms with van der Waals surface area (Å²) >= 11 is 0. The molecule has 0 aromatic heterocycles. The van der Waals surface area contributed by atoms with Gasteiger partial charge in [0.25, 0.3) is 0 Å². The molecule has 0 rings (SSSR count). The molecule has 0 aliphatic rings. The van der Waals surface area contributed by atoms with Gasteiger partial charge >= 0.3 is 0 Å². The number of aliphatic hydroxyl groups excluding tert-OH is 1. The first-order valence-electron chi connectivity index (χ1n) is 9.86. The molecule has 0 bridgehead atoms. The Hall–Kier alpha value is -0.0800. The molecule has 0 aliphatic carbocycles. The van der Waals surface area contributed by atoms with Crippen molar-refractivity contribution in [3.05, 3.63) is 6.92 Å². The lowest BCUT2D eigenvalue weighted by Crippen LogP contribution is -2.11. The predicted molar refractivity (Wildman–Crippen MR) is 97.1 cm³/mol. The van der Waals surface area contributed by atoms with Crippen LogP contribution < -0.4 is 0 Å². The van der Waals surface area contributed by atoms with Crippen molar-refractivity contribution in [1.82, 2.24) is 0 Å². The van der Waals surface area contributed by atoms with E-state index in [1.807, 2.05) is 0 Å². The Morgan fingerprint density at radius 2 is 1.05 bits per heavy atom. The quantitative estimate of drug-likeness (QED) is 0.311. The van der Waals surface area contributed by atoms with E-state index in [4.69, 9.17) is 9.84 Å². The number of hydrogen-bond donors (Lipinski definition) is 1. The maximum absolute atomic E-state index is 8.94. The standard InChI is InChI=1S/C20H41O2/c1-3-4-5-6-7-8-9-10-11-12-13-14-15-16-17-18-22-19-20(2)21/h20-21H,2-19H2,1H3. The molecule has 0 amide bonds. The number of aliphatic hydroxyl groups is 1. The maximum Gasteiger partial charge on any atom is 0.0774 e. The SMILES string of the molecule is [CH2]C(O)COCCCCCCCCCCCCCCCCC. The minimum absolute atomic E-state index is 0.374. The van der Waals surface area contributed by atoms with Gasteiger partial charge in [0.15, 0.2) is 0 Å². The predicted octanol–water partition coefficient (Wildman–Crippen LogP) is 6.07. The Kier molecular flexibility index (Phi) is 18.9. The first-order chi connectivity index (χ1) is 10.8. The summed E-state index contributed by atoms with van der Waals surface area (Å²) < 4.78 is 5.30. The summed E-state index contributed by atoms with van der Waals surface area (Å²) in [5, 5.41) is 8.94. The highest BCUT2D eigenvalue weighted by molar-refractivity contribution is 4.53. The van der Waals surface area contributed by atoms with Gasteiger partial charge in [0.05, 0.1) is 12.7 Å². The van der Waals surface area contributed by atoms with Gasteiger partial charge in [-0.2, -0.15) is 0 Å². The highest BCUT2D eigenvalue weighted by atomic mass is 16.5. The first-order valence-corrected chi connectivity index (χ1v) is 9.86. The summed E-state index contributed by atoms with van der Waals surface area (Å²) in [5.74, 6) is 0. The zero-order valence-corrected chi connectivity index (χ0v) is 15.2. The van der Waals surface area contributed by atoms with Crippen LogP contribution >= 0.6 is 0 Å². The Balaban J connectivity index is 2.94. The van der Waals surface area contributed by atoms with Crippen molar-refractivity contribution in [2.75, 3.05) is 13.2 Å². The number of rotatable bonds is 18. The van der Waals surface area contributed by atoms with Crippen LogP contribution in [0.5, 0.6) is 0 Å². The second-order valence-corrected chi connectivity index (χ2v) is 6.68. The Bertz CT molecular complexity index is 192. The zero-order chi connectivity index (χ0) is 16.3. The molecule has 0 aromatic carbocycles. The van der Waals surface area contributed by atoms with Crippen LogP contribution in [0.3, 0.4) is 0 Å². The minimum atomic E-state index is -0.573. The fourth-order valence-electron chi connectivity index (χ4n) is 2.79. The molecule has 0 heterocycles. The number of hydrogen-bond acceptors (Lipinski definition) is 2. The topological polar surface area (TPSA) is 29.5 Å². The van der Waals surface area contributed by atoms with Crippen LogP contribution in [0.15, 0.2) is 0 Å². The molecule has 1 unspecified atom stereocenters. The lowest BCUT2D eigenvalue weighted by molar-refractivity contribution is 0.0564. The van der Waals surface area contributed by atoms with Gasteiger partial charge in [0.2, 0.25) is 0 Å². The summed E-state index contributed by atoms with van der Waals surface area (Å²) in [4.78, 5) is 0. The average molecular weight is 314 g/mol. The van der Waals surface area contributed by atoms with E-state index in [0.29, 0.717) is 6.61 Å². The molecule has 2 heteroatoms. The van der Waals surface area contributed by atoms with Crippen molar-refractivity contribution in [3.63, 3.8) is 0 Å². The van der Waals surface area contributed by atoms with E-state index in [0.717, 1.165) is 13.0 Å². The first kappa shape index (κ1) is 21.9. The van der Waals surface area contributed by atoms with Crippen LogP contribution in [0.2, 0.25) is 0 Å². The lowest BCUT2D eigenvalue weighted by atomic mass is 10.0. The maximum atomic E-state index is 8.94. The smallest absolute Gasteiger partial charge is 0.0774 e. The molecular formula is C20H41O2. The van der Waals surface area contributed by atoms with Gasteiger partial charge in [-0.1, -0.05) is 96.8 Å². The number of unbranched alkanes of at least 4 members (excludes halogenated alkanes) is 14. The van der Waals surface area contributed by atoms with Gasteiger partial charge in [-0.25, -0.2) is 0 Å². The van der Waals surface area contributed by atoms with Gasteiger partial charge in [-0.15, -0.1) is 0 Å². The lowest BCUT2D eigenvalue weighted by Gasteiger charge is -2.06. The van der Waals surface area contributed by atoms with Crippen LogP contribution in [0.25, 0.3) is 0 Å². The molecule has 0 saturated heterocycles. The normalized spacial score (nSPS) is 12.7. The molecule has 1 radical (unpaired) electrons. The minimum Gasteiger partial charge on any atom is -0.391 e. The molecule has 0 fully saturated rings. The van der Waals surface area contributed by atoms with E-state index in [-0.39, 0.29) is 0 Å². The van der Waals surface area contributed by atoms with Crippen molar-refractivity contribution < 1.29 is 9.84 Å². The van der Waals surface area contributed by atoms with Crippen molar-refractivity contribution in [2.45, 2.75) is 109 Å². The van der Waals surface area contributed by atoms with Crippen LogP contribution in [0.1, 0.15) is 103 Å². The zero-order valence-electron chi connectivity index (χ0n) is 15.2. The second kappa shape index (κ2) is 19.0. The van der Waals surface area contributed by atoms with E-state index in [1.165, 1.54) is 89.9 Å². The molecule has 0 aromatic rings. The highest BCUT2D eigenvalue weighted by Gasteiger charge is 1.96. The van der Waals surface area contributed by atoms with Gasteiger partial charge in [-0.05, 0) is 13.3 Å². The summed E-state index contributed by atoms with van der Waals surface area (Å²) in [6.07, 6.45) is 20.2. The van der Waals surface area contributed by atoms with E-state index < -0.39 is 6.10 Å². The van der Waals surface area contributed by atoms with Crippen LogP contribution in [-0.2, 0) is 4.74 Å². The highest BCUT2D eigenvalue weighted by Crippen LogP contribution is 2.13. The Labute approximate surface area is 140 Å². The molecule has 0 spiro atoms. The third-order valence-corrected chi connectivity index (χ3v) is 4.20. The van der Waals surface area contributed by atoms with Gasteiger partial charge < -0.3 is 9.84 Å². The van der Waals surface area contributed by atoms with E-state index in [9.17, 15) is 0 Å². The van der Waals surface area contributed by atoms with Crippen molar-refractivity contribution in [3.8, 4) is 0 Å². The van der Waals surface area contributed by atoms with E-state index >= 15 is 0 Å². The van der Waals surface area contributed by atoms with Gasteiger partial charge in [0.1, 0.15) is 0 Å². The third-order valence-electron chi connectivity index (χ3n) is 4.20. The molecule has 1 N–H and O–H groups in total. The van der Waals surface area contributed by atoms with Crippen molar-refractivity contribution in [1.29, 1.82) is 0 Å². The summed E-state index contributed by atoms with van der Waals surface area (Å²) in [7, 11) is 0. The summed E-state index contributed by atoms with van der Waals surface area (Å²) in [6.45, 7) is 6.90. The Morgan fingerprint density at radius 3 is 1.41 bits per heavy atom. The number of ether oxygens (including phenoxy) is 1.